The van der Waals surface area contributed by atoms with Gasteiger partial charge < -0.3 is 25.4 Å². The normalized spacial score (nSPS) is 18.2. The maximum absolute atomic E-state index is 14.2. The Morgan fingerprint density at radius 3 is 2.05 bits per heavy atom. The van der Waals surface area contributed by atoms with E-state index in [1.807, 2.05) is 0 Å². The molecule has 0 aliphatic carbocycles. The van der Waals surface area contributed by atoms with E-state index in [1.165, 1.54) is 18.3 Å². The van der Waals surface area contributed by atoms with Crippen LogP contribution in [0.5, 0.6) is 11.5 Å². The topological polar surface area (TPSA) is 84.5 Å². The molecule has 3 N–H and O–H groups in total. The van der Waals surface area contributed by atoms with E-state index in [0.29, 0.717) is 51.5 Å². The Bertz CT molecular complexity index is 1590. The lowest BCUT2D eigenvalue weighted by atomic mass is 10.0. The number of rotatable bonds is 8. The summed E-state index contributed by atoms with van der Waals surface area (Å²) < 4.78 is 53.8. The minimum Gasteiger partial charge on any atom is -0.488 e. The Morgan fingerprint density at radius 1 is 0.762 bits per heavy atom. The third-order valence-electron chi connectivity index (χ3n) is 7.37. The van der Waals surface area contributed by atoms with Gasteiger partial charge >= 0.3 is 0 Å². The second-order valence-electron chi connectivity index (χ2n) is 10.3. The zero-order valence-electron chi connectivity index (χ0n) is 22.6. The molecule has 0 saturated carbocycles. The Morgan fingerprint density at radius 2 is 1.43 bits per heavy atom. The molecule has 2 aliphatic heterocycles. The SMILES string of the molecule is O=C(Nc1ccc(O[C@H]2CCNC2)c(-c2ccc(F)nc2)c1)c1ccc(O[C@H]2CCNC2)c(-c2ccc(F)c(F)c2)c1. The van der Waals surface area contributed by atoms with Gasteiger partial charge in [0.1, 0.15) is 23.7 Å². The highest BCUT2D eigenvalue weighted by molar-refractivity contribution is 6.05. The smallest absolute Gasteiger partial charge is 0.255 e. The van der Waals surface area contributed by atoms with E-state index in [9.17, 15) is 18.0 Å². The van der Waals surface area contributed by atoms with Crippen molar-refractivity contribution in [1.82, 2.24) is 15.6 Å². The van der Waals surface area contributed by atoms with Gasteiger partial charge in [0, 0.05) is 47.2 Å². The van der Waals surface area contributed by atoms with Crippen LogP contribution in [0.25, 0.3) is 22.3 Å². The number of hydrogen-bond donors (Lipinski definition) is 3. The average molecular weight is 575 g/mol. The van der Waals surface area contributed by atoms with Gasteiger partial charge in [0.15, 0.2) is 11.6 Å². The van der Waals surface area contributed by atoms with E-state index < -0.39 is 23.5 Å². The second-order valence-corrected chi connectivity index (χ2v) is 10.3. The molecule has 216 valence electrons. The molecule has 4 aromatic rings. The van der Waals surface area contributed by atoms with Crippen LogP contribution in [0.1, 0.15) is 23.2 Å². The molecule has 10 heteroatoms. The van der Waals surface area contributed by atoms with Crippen molar-refractivity contribution in [3.63, 3.8) is 0 Å². The van der Waals surface area contributed by atoms with Gasteiger partial charge in [-0.25, -0.2) is 13.8 Å². The van der Waals surface area contributed by atoms with E-state index in [0.717, 1.165) is 44.6 Å². The first kappa shape index (κ1) is 27.7. The van der Waals surface area contributed by atoms with Crippen LogP contribution in [0.2, 0.25) is 0 Å². The molecule has 0 bridgehead atoms. The Kier molecular flexibility index (Phi) is 8.07. The van der Waals surface area contributed by atoms with Crippen molar-refractivity contribution in [3.8, 4) is 33.8 Å². The molecule has 6 rings (SSSR count). The summed E-state index contributed by atoms with van der Waals surface area (Å²) in [4.78, 5) is 17.2. The summed E-state index contributed by atoms with van der Waals surface area (Å²) in [5.41, 5.74) is 2.94. The van der Waals surface area contributed by atoms with Gasteiger partial charge in [-0.2, -0.15) is 4.39 Å². The van der Waals surface area contributed by atoms with E-state index in [2.05, 4.69) is 20.9 Å². The van der Waals surface area contributed by atoms with Crippen molar-refractivity contribution in [2.45, 2.75) is 25.0 Å². The van der Waals surface area contributed by atoms with Crippen molar-refractivity contribution in [1.29, 1.82) is 0 Å². The number of amides is 1. The van der Waals surface area contributed by atoms with Crippen molar-refractivity contribution < 1.29 is 27.4 Å². The van der Waals surface area contributed by atoms with Crippen LogP contribution in [0.3, 0.4) is 0 Å². The quantitative estimate of drug-likeness (QED) is 0.239. The van der Waals surface area contributed by atoms with Crippen molar-refractivity contribution >= 4 is 11.6 Å². The monoisotopic (exact) mass is 574 g/mol. The van der Waals surface area contributed by atoms with E-state index in [4.69, 9.17) is 9.47 Å². The standard InChI is InChI=1S/C32H29F3N4O3/c33-27-5-1-19(14-28(27)34)25-13-20(2-6-29(25)41-23-9-11-36-17-23)32(40)39-22-4-7-30(42-24-10-12-37-18-24)26(15-22)21-3-8-31(35)38-16-21/h1-8,13-16,23-24,36-37H,9-12,17-18H2,(H,39,40)/t23-,24-/m0/s1. The minimum atomic E-state index is -0.991. The zero-order chi connectivity index (χ0) is 29.1. The fourth-order valence-corrected chi connectivity index (χ4v) is 5.15. The second kappa shape index (κ2) is 12.2. The number of carbonyl (C=O) groups excluding carboxylic acids is 1. The summed E-state index contributed by atoms with van der Waals surface area (Å²) in [5, 5.41) is 9.41. The van der Waals surface area contributed by atoms with Gasteiger partial charge in [-0.3, -0.25) is 4.79 Å². The summed E-state index contributed by atoms with van der Waals surface area (Å²) >= 11 is 0. The number of nitrogens with zero attached hydrogens (tertiary/aromatic N) is 1. The molecule has 2 atom stereocenters. The molecule has 2 aliphatic rings. The first-order chi connectivity index (χ1) is 20.4. The summed E-state index contributed by atoms with van der Waals surface area (Å²) in [7, 11) is 0. The number of ether oxygens (including phenoxy) is 2. The number of benzene rings is 3. The minimum absolute atomic E-state index is 0.00642. The molecule has 3 heterocycles. The van der Waals surface area contributed by atoms with Gasteiger partial charge in [0.2, 0.25) is 5.95 Å². The van der Waals surface area contributed by atoms with Crippen LogP contribution in [0, 0.1) is 17.6 Å². The number of hydrogen-bond acceptors (Lipinski definition) is 6. The van der Waals surface area contributed by atoms with Crippen LogP contribution in [-0.2, 0) is 0 Å². The molecule has 2 saturated heterocycles. The van der Waals surface area contributed by atoms with Gasteiger partial charge in [-0.15, -0.1) is 0 Å². The molecule has 7 nitrogen and oxygen atoms in total. The van der Waals surface area contributed by atoms with Crippen LogP contribution in [0.4, 0.5) is 18.9 Å². The lowest BCUT2D eigenvalue weighted by Crippen LogP contribution is -2.20. The summed E-state index contributed by atoms with van der Waals surface area (Å²) in [6.45, 7) is 3.07. The molecular weight excluding hydrogens is 545 g/mol. The summed E-state index contributed by atoms with van der Waals surface area (Å²) in [6.07, 6.45) is 3.00. The van der Waals surface area contributed by atoms with Crippen LogP contribution in [0.15, 0.2) is 72.9 Å². The molecule has 1 amide bonds. The number of pyridine rings is 1. The summed E-state index contributed by atoms with van der Waals surface area (Å²) in [6, 6.07) is 16.6. The number of carbonyl (C=O) groups is 1. The maximum Gasteiger partial charge on any atom is 0.255 e. The average Bonchev–Trinajstić information content (AvgIpc) is 3.71. The fourth-order valence-electron chi connectivity index (χ4n) is 5.15. The van der Waals surface area contributed by atoms with Crippen LogP contribution >= 0.6 is 0 Å². The zero-order valence-corrected chi connectivity index (χ0v) is 22.6. The first-order valence-corrected chi connectivity index (χ1v) is 13.8. The van der Waals surface area contributed by atoms with E-state index in [1.54, 1.807) is 42.5 Å². The predicted octanol–water partition coefficient (Wildman–Crippen LogP) is 5.57. The number of nitrogens with one attached hydrogen (secondary N) is 3. The Balaban J connectivity index is 1.30. The van der Waals surface area contributed by atoms with Gasteiger partial charge in [-0.1, -0.05) is 6.07 Å². The number of halogens is 3. The van der Waals surface area contributed by atoms with E-state index >= 15 is 0 Å². The Labute approximate surface area is 241 Å². The molecular formula is C32H29F3N4O3. The van der Waals surface area contributed by atoms with Crippen LogP contribution < -0.4 is 25.4 Å². The molecule has 0 radical (unpaired) electrons. The lowest BCUT2D eigenvalue weighted by Gasteiger charge is -2.18. The highest BCUT2D eigenvalue weighted by atomic mass is 19.2. The highest BCUT2D eigenvalue weighted by Gasteiger charge is 2.22. The number of anilines is 1. The van der Waals surface area contributed by atoms with Crippen molar-refractivity contribution in [2.24, 2.45) is 0 Å². The third-order valence-corrected chi connectivity index (χ3v) is 7.37. The number of aromatic nitrogens is 1. The molecule has 42 heavy (non-hydrogen) atoms. The van der Waals surface area contributed by atoms with Crippen molar-refractivity contribution in [3.05, 3.63) is 96.1 Å². The van der Waals surface area contributed by atoms with Gasteiger partial charge in [-0.05, 0) is 92.2 Å². The van der Waals surface area contributed by atoms with E-state index in [-0.39, 0.29) is 12.2 Å². The molecule has 1 aromatic heterocycles. The lowest BCUT2D eigenvalue weighted by molar-refractivity contribution is 0.102. The highest BCUT2D eigenvalue weighted by Crippen LogP contribution is 2.36. The van der Waals surface area contributed by atoms with Crippen molar-refractivity contribution in [2.75, 3.05) is 31.5 Å². The van der Waals surface area contributed by atoms with Gasteiger partial charge in [0.05, 0.1) is 0 Å². The molecule has 3 aromatic carbocycles. The molecule has 0 spiro atoms. The largest absolute Gasteiger partial charge is 0.488 e. The fraction of sp³-hybridized carbons (Fsp3) is 0.250. The molecule has 2 fully saturated rings. The summed E-state index contributed by atoms with van der Waals surface area (Å²) in [5.74, 6) is -1.89. The Hall–Kier alpha value is -4.41. The first-order valence-electron chi connectivity index (χ1n) is 13.8. The predicted molar refractivity (Wildman–Crippen MR) is 153 cm³/mol. The maximum atomic E-state index is 14.2. The van der Waals surface area contributed by atoms with Gasteiger partial charge in [0.25, 0.3) is 5.91 Å². The van der Waals surface area contributed by atoms with Crippen LogP contribution in [-0.4, -0.2) is 49.3 Å². The molecule has 0 unspecified atom stereocenters. The third kappa shape index (κ3) is 6.24.